The lowest BCUT2D eigenvalue weighted by molar-refractivity contribution is -0.121. The van der Waals surface area contributed by atoms with E-state index in [0.29, 0.717) is 38.2 Å². The van der Waals surface area contributed by atoms with E-state index in [2.05, 4.69) is 81.8 Å². The summed E-state index contributed by atoms with van der Waals surface area (Å²) >= 11 is 0. The van der Waals surface area contributed by atoms with E-state index >= 15 is 0 Å². The number of likely N-dealkylation sites (N-methyl/N-ethyl adjacent to an activating group) is 1. The van der Waals surface area contributed by atoms with Gasteiger partial charge in [-0.1, -0.05) is 30.3 Å². The van der Waals surface area contributed by atoms with Gasteiger partial charge >= 0.3 is 6.01 Å². The molecule has 10 heteroatoms. The van der Waals surface area contributed by atoms with E-state index in [0.717, 1.165) is 57.0 Å². The number of fused-ring (bicyclic) bond motifs is 2. The van der Waals surface area contributed by atoms with Crippen molar-refractivity contribution in [3.8, 4) is 12.1 Å². The summed E-state index contributed by atoms with van der Waals surface area (Å²) < 4.78 is 6.34. The highest BCUT2D eigenvalue weighted by atomic mass is 16.5. The Hall–Kier alpha value is -3.94. The number of benzene rings is 2. The van der Waals surface area contributed by atoms with Crippen LogP contribution in [0.15, 0.2) is 36.4 Å². The number of aryl methyl sites for hydroxylation is 1. The quantitative estimate of drug-likeness (QED) is 0.379. The average Bonchev–Trinajstić information content (AvgIpc) is 3.81. The Morgan fingerprint density at radius 2 is 1.98 bits per heavy atom. The van der Waals surface area contributed by atoms with Gasteiger partial charge in [-0.2, -0.15) is 15.2 Å². The number of piperidine rings is 1. The smallest absolute Gasteiger partial charge is 0.318 e. The van der Waals surface area contributed by atoms with Gasteiger partial charge in [0.2, 0.25) is 5.91 Å². The summed E-state index contributed by atoms with van der Waals surface area (Å²) in [6.45, 7) is 7.54. The molecule has 1 amide bonds. The molecule has 0 aliphatic carbocycles. The van der Waals surface area contributed by atoms with Gasteiger partial charge in [0.15, 0.2) is 0 Å². The molecule has 10 nitrogen and oxygen atoms in total. The molecule has 0 bridgehead atoms. The lowest BCUT2D eigenvalue weighted by Crippen LogP contribution is -2.52. The van der Waals surface area contributed by atoms with Crippen LogP contribution in [-0.2, 0) is 17.8 Å². The third-order valence-electron chi connectivity index (χ3n) is 9.97. The maximum absolute atomic E-state index is 12.6. The maximum Gasteiger partial charge on any atom is 0.318 e. The van der Waals surface area contributed by atoms with Crippen LogP contribution in [0.25, 0.3) is 10.8 Å². The van der Waals surface area contributed by atoms with Crippen molar-refractivity contribution in [3.63, 3.8) is 0 Å². The Labute approximate surface area is 259 Å². The first-order valence-electron chi connectivity index (χ1n) is 16.1. The number of likely N-dealkylation sites (tertiary alicyclic amines) is 1. The third kappa shape index (κ3) is 5.78. The van der Waals surface area contributed by atoms with Crippen LogP contribution in [0.5, 0.6) is 6.01 Å². The van der Waals surface area contributed by atoms with Crippen molar-refractivity contribution in [3.05, 3.63) is 53.2 Å². The summed E-state index contributed by atoms with van der Waals surface area (Å²) in [5.74, 6) is 0.995. The summed E-state index contributed by atoms with van der Waals surface area (Å²) in [6, 6.07) is 16.1. The largest absolute Gasteiger partial charge is 0.462 e. The fraction of sp³-hybridized carbons (Fsp3) is 0.529. The molecule has 3 saturated heterocycles. The molecule has 1 aromatic heterocycles. The maximum atomic E-state index is 12.6. The van der Waals surface area contributed by atoms with Gasteiger partial charge in [-0.15, -0.1) is 0 Å². The minimum Gasteiger partial charge on any atom is -0.462 e. The molecular weight excluding hydrogens is 552 g/mol. The SMILES string of the molecule is Cc1cccc2cccc(N3CCc4c(nc(OC[C@@H]5CCCN5C)nc4N4CC[C@@H](NC(=O)[C@@H]5CN5)[C@@H](CC#N)C4)C3)c12. The van der Waals surface area contributed by atoms with Gasteiger partial charge in [-0.3, -0.25) is 4.79 Å². The average molecular weight is 595 g/mol. The van der Waals surface area contributed by atoms with E-state index in [4.69, 9.17) is 14.7 Å². The molecule has 4 aliphatic heterocycles. The minimum absolute atomic E-state index is 0.0165. The van der Waals surface area contributed by atoms with Gasteiger partial charge in [0, 0.05) is 67.2 Å². The Morgan fingerprint density at radius 1 is 1.14 bits per heavy atom. The van der Waals surface area contributed by atoms with Crippen molar-refractivity contribution in [2.75, 3.05) is 56.2 Å². The molecule has 4 aliphatic rings. The number of anilines is 2. The number of ether oxygens (including phenoxy) is 1. The van der Waals surface area contributed by atoms with Gasteiger partial charge in [-0.05, 0) is 63.2 Å². The fourth-order valence-corrected chi connectivity index (χ4v) is 7.32. The highest BCUT2D eigenvalue weighted by molar-refractivity contribution is 5.97. The molecule has 2 aromatic carbocycles. The van der Waals surface area contributed by atoms with Crippen molar-refractivity contribution in [2.45, 2.75) is 63.7 Å². The van der Waals surface area contributed by atoms with Gasteiger partial charge in [-0.25, -0.2) is 0 Å². The van der Waals surface area contributed by atoms with Crippen LogP contribution in [0.1, 0.15) is 42.5 Å². The summed E-state index contributed by atoms with van der Waals surface area (Å²) in [6.07, 6.45) is 4.29. The van der Waals surface area contributed by atoms with Crippen LogP contribution in [0.3, 0.4) is 0 Å². The predicted octanol–water partition coefficient (Wildman–Crippen LogP) is 3.17. The second kappa shape index (κ2) is 12.2. The third-order valence-corrected chi connectivity index (χ3v) is 9.97. The van der Waals surface area contributed by atoms with Gasteiger partial charge in [0.25, 0.3) is 0 Å². The molecule has 2 N–H and O–H groups in total. The summed E-state index contributed by atoms with van der Waals surface area (Å²) in [5, 5.41) is 18.5. The predicted molar refractivity (Wildman–Crippen MR) is 171 cm³/mol. The van der Waals surface area contributed by atoms with Gasteiger partial charge in [0.1, 0.15) is 12.4 Å². The van der Waals surface area contributed by atoms with Crippen LogP contribution in [0, 0.1) is 24.2 Å². The number of rotatable bonds is 8. The summed E-state index contributed by atoms with van der Waals surface area (Å²) in [5.41, 5.74) is 4.68. The molecule has 0 radical (unpaired) electrons. The molecule has 5 heterocycles. The monoisotopic (exact) mass is 594 g/mol. The number of aromatic nitrogens is 2. The molecule has 44 heavy (non-hydrogen) atoms. The first-order valence-corrected chi connectivity index (χ1v) is 16.1. The second-order valence-corrected chi connectivity index (χ2v) is 12.9. The van der Waals surface area contributed by atoms with E-state index in [-0.39, 0.29) is 23.9 Å². The number of carbonyl (C=O) groups excluding carboxylic acids is 1. The molecule has 230 valence electrons. The first kappa shape index (κ1) is 28.8. The van der Waals surface area contributed by atoms with Crippen molar-refractivity contribution < 1.29 is 9.53 Å². The Bertz CT molecular complexity index is 1580. The van der Waals surface area contributed by atoms with Crippen molar-refractivity contribution in [2.24, 2.45) is 5.92 Å². The first-order chi connectivity index (χ1) is 21.5. The molecule has 3 aromatic rings. The fourth-order valence-electron chi connectivity index (χ4n) is 7.32. The zero-order chi connectivity index (χ0) is 30.2. The van der Waals surface area contributed by atoms with Crippen molar-refractivity contribution >= 4 is 28.2 Å². The lowest BCUT2D eigenvalue weighted by atomic mass is 9.89. The van der Waals surface area contributed by atoms with E-state index in [1.165, 1.54) is 34.0 Å². The van der Waals surface area contributed by atoms with Crippen molar-refractivity contribution in [1.29, 1.82) is 5.26 Å². The highest BCUT2D eigenvalue weighted by Crippen LogP contribution is 2.36. The van der Waals surface area contributed by atoms with E-state index < -0.39 is 0 Å². The summed E-state index contributed by atoms with van der Waals surface area (Å²) in [4.78, 5) is 29.7. The van der Waals surface area contributed by atoms with Crippen molar-refractivity contribution in [1.82, 2.24) is 25.5 Å². The lowest BCUT2D eigenvalue weighted by Gasteiger charge is -2.40. The Kier molecular flexibility index (Phi) is 8.00. The van der Waals surface area contributed by atoms with E-state index in [1.807, 2.05) is 0 Å². The topological polar surface area (TPSA) is 120 Å². The molecule has 3 fully saturated rings. The number of amides is 1. The van der Waals surface area contributed by atoms with Gasteiger partial charge < -0.3 is 30.1 Å². The highest BCUT2D eigenvalue weighted by Gasteiger charge is 2.37. The molecule has 0 unspecified atom stereocenters. The Morgan fingerprint density at radius 3 is 2.75 bits per heavy atom. The molecule has 4 atom stereocenters. The van der Waals surface area contributed by atoms with E-state index in [1.54, 1.807) is 0 Å². The zero-order valence-corrected chi connectivity index (χ0v) is 25.8. The van der Waals surface area contributed by atoms with Gasteiger partial charge in [0.05, 0.1) is 24.3 Å². The van der Waals surface area contributed by atoms with E-state index in [9.17, 15) is 10.1 Å². The molecule has 0 spiro atoms. The number of hydrogen-bond acceptors (Lipinski definition) is 9. The van der Waals surface area contributed by atoms with Crippen LogP contribution >= 0.6 is 0 Å². The van der Waals surface area contributed by atoms with Crippen LogP contribution in [-0.4, -0.2) is 85.3 Å². The summed E-state index contributed by atoms with van der Waals surface area (Å²) in [7, 11) is 2.15. The number of nitrogens with zero attached hydrogens (tertiary/aromatic N) is 6. The zero-order valence-electron chi connectivity index (χ0n) is 25.8. The number of nitriles is 1. The second-order valence-electron chi connectivity index (χ2n) is 12.9. The standard InChI is InChI=1S/C34H42N8O2/c1-22-6-3-7-23-8-4-10-30(31(22)23)41-16-12-26-29(20-41)38-34(44-21-25-9-5-15-40(25)2)39-32(26)42-17-13-27(24(19-42)11-14-35)37-33(43)28-18-36-28/h3-4,6-8,10,24-25,27-28,36H,5,9,11-13,15-21H2,1-2H3,(H,37,43)/t24-,25-,27+,28-/m0/s1. The Balaban J connectivity index is 1.19. The van der Waals surface area contributed by atoms with Crippen LogP contribution in [0.4, 0.5) is 11.5 Å². The number of hydrogen-bond donors (Lipinski definition) is 2. The molecule has 7 rings (SSSR count). The molecule has 0 saturated carbocycles. The minimum atomic E-state index is -0.0864. The normalized spacial score (nSPS) is 25.0. The van der Waals surface area contributed by atoms with Crippen LogP contribution in [0.2, 0.25) is 0 Å². The molecular formula is C34H42N8O2. The number of carbonyl (C=O) groups is 1. The van der Waals surface area contributed by atoms with Crippen LogP contribution < -0.4 is 25.2 Å². The number of nitrogens with one attached hydrogen (secondary N) is 2.